The van der Waals surface area contributed by atoms with E-state index >= 15 is 0 Å². The number of quaternary nitrogens is 1. The molecule has 0 atom stereocenters. The third-order valence-corrected chi connectivity index (χ3v) is 3.01. The largest absolute Gasteiger partial charge is 0.396 e. The molecule has 0 bridgehead atoms. The van der Waals surface area contributed by atoms with Crippen molar-refractivity contribution in [2.45, 2.75) is 13.0 Å². The van der Waals surface area contributed by atoms with Gasteiger partial charge in [0.15, 0.2) is 0 Å². The van der Waals surface area contributed by atoms with Gasteiger partial charge in [0.05, 0.1) is 6.54 Å². The molecule has 2 heteroatoms. The summed E-state index contributed by atoms with van der Waals surface area (Å²) in [6, 6.07) is 10.6. The highest BCUT2D eigenvalue weighted by Crippen LogP contribution is 2.25. The van der Waals surface area contributed by atoms with Crippen LogP contribution in [0.5, 0.6) is 0 Å². The Bertz CT molecular complexity index is 280. The molecule has 0 aromatic heterocycles. The highest BCUT2D eigenvalue weighted by Gasteiger charge is 2.40. The van der Waals surface area contributed by atoms with Crippen LogP contribution >= 0.6 is 0 Å². The third-order valence-electron chi connectivity index (χ3n) is 3.01. The summed E-state index contributed by atoms with van der Waals surface area (Å²) in [6.07, 6.45) is 0.937. The van der Waals surface area contributed by atoms with Crippen molar-refractivity contribution in [3.63, 3.8) is 0 Å². The molecule has 0 aliphatic carbocycles. The van der Waals surface area contributed by atoms with E-state index in [4.69, 9.17) is 5.11 Å². The molecule has 0 spiro atoms. The molecule has 1 saturated heterocycles. The van der Waals surface area contributed by atoms with Crippen LogP contribution in [0, 0.1) is 0 Å². The maximum Gasteiger partial charge on any atom is 0.129 e. The smallest absolute Gasteiger partial charge is 0.129 e. The Morgan fingerprint density at radius 3 is 2.43 bits per heavy atom. The first-order chi connectivity index (χ1) is 6.85. The molecule has 2 nitrogen and oxygen atoms in total. The van der Waals surface area contributed by atoms with Crippen LogP contribution in [-0.2, 0) is 6.54 Å². The van der Waals surface area contributed by atoms with Crippen LogP contribution in [0.15, 0.2) is 30.3 Å². The van der Waals surface area contributed by atoms with Crippen molar-refractivity contribution in [2.24, 2.45) is 0 Å². The Morgan fingerprint density at radius 2 is 1.86 bits per heavy atom. The number of aliphatic hydroxyl groups excluding tert-OH is 1. The van der Waals surface area contributed by atoms with E-state index < -0.39 is 0 Å². The highest BCUT2D eigenvalue weighted by atomic mass is 16.3. The molecule has 0 amide bonds. The lowest BCUT2D eigenvalue weighted by Gasteiger charge is -2.17. The molecule has 1 aromatic rings. The lowest BCUT2D eigenvalue weighted by Crippen LogP contribution is -2.27. The van der Waals surface area contributed by atoms with Gasteiger partial charge in [-0.2, -0.15) is 0 Å². The zero-order chi connectivity index (χ0) is 9.86. The number of hydrogen-bond donors (Lipinski definition) is 1. The van der Waals surface area contributed by atoms with E-state index in [1.165, 1.54) is 23.1 Å². The highest BCUT2D eigenvalue weighted by molar-refractivity contribution is 5.13. The first-order valence-corrected chi connectivity index (χ1v) is 5.35. The summed E-state index contributed by atoms with van der Waals surface area (Å²) in [5.74, 6) is 0. The van der Waals surface area contributed by atoms with Crippen LogP contribution in [0.1, 0.15) is 12.0 Å². The Hall–Kier alpha value is -0.860. The van der Waals surface area contributed by atoms with Gasteiger partial charge in [-0.15, -0.1) is 0 Å². The van der Waals surface area contributed by atoms with Gasteiger partial charge in [0, 0.05) is 18.6 Å². The summed E-state index contributed by atoms with van der Waals surface area (Å²) in [7, 11) is 0. The molecule has 76 valence electrons. The van der Waals surface area contributed by atoms with Crippen molar-refractivity contribution in [1.82, 2.24) is 0 Å². The first-order valence-electron chi connectivity index (χ1n) is 5.35. The Morgan fingerprint density at radius 1 is 1.14 bits per heavy atom. The van der Waals surface area contributed by atoms with Gasteiger partial charge in [-0.3, -0.25) is 0 Å². The standard InChI is InChI=1S/C12H18NO/c14-10-4-7-13(8-9-13)11-12-5-2-1-3-6-12/h1-3,5-6,14H,4,7-11H2/q+1. The number of aliphatic hydroxyl groups is 1. The number of rotatable bonds is 5. The van der Waals surface area contributed by atoms with E-state index in [9.17, 15) is 0 Å². The van der Waals surface area contributed by atoms with Crippen molar-refractivity contribution in [1.29, 1.82) is 0 Å². The fraction of sp³-hybridized carbons (Fsp3) is 0.500. The summed E-state index contributed by atoms with van der Waals surface area (Å²) in [5.41, 5.74) is 1.42. The molecule has 0 saturated carbocycles. The van der Waals surface area contributed by atoms with E-state index in [0.29, 0.717) is 6.61 Å². The minimum Gasteiger partial charge on any atom is -0.396 e. The van der Waals surface area contributed by atoms with Gasteiger partial charge in [-0.25, -0.2) is 0 Å². The van der Waals surface area contributed by atoms with Gasteiger partial charge >= 0.3 is 0 Å². The molecule has 0 radical (unpaired) electrons. The predicted octanol–water partition coefficient (Wildman–Crippen LogP) is 1.40. The minimum atomic E-state index is 0.328. The van der Waals surface area contributed by atoms with Crippen LogP contribution in [0.3, 0.4) is 0 Å². The maximum absolute atomic E-state index is 8.81. The lowest BCUT2D eigenvalue weighted by molar-refractivity contribution is -0.814. The molecular weight excluding hydrogens is 174 g/mol. The zero-order valence-electron chi connectivity index (χ0n) is 8.52. The molecule has 1 N–H and O–H groups in total. The quantitative estimate of drug-likeness (QED) is 0.552. The summed E-state index contributed by atoms with van der Waals surface area (Å²) in [5, 5.41) is 8.81. The number of hydrogen-bond acceptors (Lipinski definition) is 1. The minimum absolute atomic E-state index is 0.328. The summed E-state index contributed by atoms with van der Waals surface area (Å²) in [6.45, 7) is 5.17. The van der Waals surface area contributed by atoms with Gasteiger partial charge in [0.25, 0.3) is 0 Å². The summed E-state index contributed by atoms with van der Waals surface area (Å²) >= 11 is 0. The van der Waals surface area contributed by atoms with Crippen molar-refractivity contribution < 1.29 is 9.59 Å². The van der Waals surface area contributed by atoms with Gasteiger partial charge in [0.1, 0.15) is 19.6 Å². The second-order valence-corrected chi connectivity index (χ2v) is 4.23. The molecule has 2 rings (SSSR count). The van der Waals surface area contributed by atoms with E-state index in [1.807, 2.05) is 0 Å². The van der Waals surface area contributed by atoms with Crippen molar-refractivity contribution in [3.05, 3.63) is 35.9 Å². The van der Waals surface area contributed by atoms with Crippen LogP contribution < -0.4 is 0 Å². The second kappa shape index (κ2) is 4.11. The van der Waals surface area contributed by atoms with Gasteiger partial charge in [-0.1, -0.05) is 30.3 Å². The molecule has 1 aliphatic rings. The molecule has 1 aliphatic heterocycles. The predicted molar refractivity (Wildman–Crippen MR) is 56.7 cm³/mol. The number of nitrogens with zero attached hydrogens (tertiary/aromatic N) is 1. The Balaban J connectivity index is 1.91. The summed E-state index contributed by atoms with van der Waals surface area (Å²) < 4.78 is 1.19. The molecule has 1 fully saturated rings. The lowest BCUT2D eigenvalue weighted by atomic mass is 10.2. The van der Waals surface area contributed by atoms with Crippen LogP contribution in [0.2, 0.25) is 0 Å². The van der Waals surface area contributed by atoms with Gasteiger partial charge in [0.2, 0.25) is 0 Å². The average Bonchev–Trinajstić information content (AvgIpc) is 2.97. The zero-order valence-corrected chi connectivity index (χ0v) is 8.52. The average molecular weight is 192 g/mol. The molecule has 1 heterocycles. The third kappa shape index (κ3) is 2.34. The topological polar surface area (TPSA) is 20.2 Å². The number of benzene rings is 1. The molecule has 14 heavy (non-hydrogen) atoms. The molecule has 1 aromatic carbocycles. The Labute approximate surface area is 85.4 Å². The van der Waals surface area contributed by atoms with Crippen LogP contribution in [0.4, 0.5) is 0 Å². The van der Waals surface area contributed by atoms with Crippen molar-refractivity contribution >= 4 is 0 Å². The van der Waals surface area contributed by atoms with E-state index in [2.05, 4.69) is 30.3 Å². The monoisotopic (exact) mass is 192 g/mol. The van der Waals surface area contributed by atoms with E-state index in [-0.39, 0.29) is 0 Å². The molecular formula is C12H18NO+. The van der Waals surface area contributed by atoms with Gasteiger partial charge < -0.3 is 9.59 Å². The SMILES string of the molecule is OCCC[N+]1(Cc2ccccc2)CC1. The normalized spacial score (nSPS) is 18.1. The van der Waals surface area contributed by atoms with Crippen LogP contribution in [-0.4, -0.2) is 35.8 Å². The first kappa shape index (κ1) is 9.69. The van der Waals surface area contributed by atoms with Crippen molar-refractivity contribution in [2.75, 3.05) is 26.2 Å². The van der Waals surface area contributed by atoms with Gasteiger partial charge in [-0.05, 0) is 0 Å². The maximum atomic E-state index is 8.81. The summed E-state index contributed by atoms with van der Waals surface area (Å²) in [4.78, 5) is 0. The fourth-order valence-electron chi connectivity index (χ4n) is 1.98. The fourth-order valence-corrected chi connectivity index (χ4v) is 1.98. The van der Waals surface area contributed by atoms with Crippen LogP contribution in [0.25, 0.3) is 0 Å². The second-order valence-electron chi connectivity index (χ2n) is 4.23. The Kier molecular flexibility index (Phi) is 2.85. The van der Waals surface area contributed by atoms with Crippen molar-refractivity contribution in [3.8, 4) is 0 Å². The van der Waals surface area contributed by atoms with E-state index in [1.54, 1.807) is 0 Å². The molecule has 0 unspecified atom stereocenters. The van der Waals surface area contributed by atoms with E-state index in [0.717, 1.165) is 19.5 Å².